The largest absolute Gasteiger partial charge is 0.466 e. The molecule has 138 valence electrons. The summed E-state index contributed by atoms with van der Waals surface area (Å²) in [6, 6.07) is 6.24. The highest BCUT2D eigenvalue weighted by Crippen LogP contribution is 2.21. The summed E-state index contributed by atoms with van der Waals surface area (Å²) < 4.78 is 6.80. The summed E-state index contributed by atoms with van der Waals surface area (Å²) in [5.74, 6) is 0.184. The number of carbonyl (C=O) groups is 1. The van der Waals surface area contributed by atoms with E-state index in [1.165, 1.54) is 12.1 Å². The van der Waals surface area contributed by atoms with E-state index < -0.39 is 4.92 Å². The molecular formula is C17H21N5O4. The zero-order valence-corrected chi connectivity index (χ0v) is 14.6. The van der Waals surface area contributed by atoms with Gasteiger partial charge in [-0.25, -0.2) is 9.67 Å². The van der Waals surface area contributed by atoms with Crippen LogP contribution in [0, 0.1) is 16.0 Å². The molecule has 0 radical (unpaired) electrons. The fourth-order valence-corrected chi connectivity index (χ4v) is 3.10. The molecule has 9 heteroatoms. The van der Waals surface area contributed by atoms with Gasteiger partial charge < -0.3 is 4.74 Å². The molecule has 1 atom stereocenters. The Balaban J connectivity index is 1.66. The Morgan fingerprint density at radius 3 is 3.08 bits per heavy atom. The molecule has 1 aliphatic heterocycles. The molecule has 0 bridgehead atoms. The van der Waals surface area contributed by atoms with Crippen LogP contribution in [0.1, 0.15) is 19.8 Å². The van der Waals surface area contributed by atoms with Crippen molar-refractivity contribution >= 4 is 11.7 Å². The van der Waals surface area contributed by atoms with Gasteiger partial charge in [-0.1, -0.05) is 12.1 Å². The maximum Gasteiger partial charge on any atom is 0.310 e. The molecule has 1 aliphatic rings. The molecule has 0 amide bonds. The lowest BCUT2D eigenvalue weighted by Crippen LogP contribution is -2.40. The Morgan fingerprint density at radius 1 is 1.46 bits per heavy atom. The van der Waals surface area contributed by atoms with Gasteiger partial charge in [0.25, 0.3) is 5.69 Å². The average molecular weight is 359 g/mol. The number of rotatable bonds is 6. The molecule has 0 aliphatic carbocycles. The van der Waals surface area contributed by atoms with Crippen LogP contribution in [0.15, 0.2) is 30.6 Å². The van der Waals surface area contributed by atoms with Gasteiger partial charge >= 0.3 is 5.97 Å². The Kier molecular flexibility index (Phi) is 5.57. The third-order valence-electron chi connectivity index (χ3n) is 4.32. The fourth-order valence-electron chi connectivity index (χ4n) is 3.10. The van der Waals surface area contributed by atoms with Crippen molar-refractivity contribution in [2.75, 3.05) is 19.7 Å². The molecule has 0 N–H and O–H groups in total. The number of nitro benzene ring substituents is 1. The topological polar surface area (TPSA) is 103 Å². The highest BCUT2D eigenvalue weighted by atomic mass is 16.6. The number of ether oxygens (including phenoxy) is 1. The summed E-state index contributed by atoms with van der Waals surface area (Å²) in [5, 5.41) is 15.3. The lowest BCUT2D eigenvalue weighted by atomic mass is 9.99. The molecule has 0 saturated carbocycles. The second-order valence-electron chi connectivity index (χ2n) is 6.22. The highest BCUT2D eigenvalue weighted by molar-refractivity contribution is 5.72. The normalized spacial score (nSPS) is 17.8. The molecule has 1 aromatic carbocycles. The monoisotopic (exact) mass is 359 g/mol. The number of carbonyl (C=O) groups excluding carboxylic acids is 1. The van der Waals surface area contributed by atoms with E-state index in [1.54, 1.807) is 23.1 Å². The fraction of sp³-hybridized carbons (Fsp3) is 0.471. The molecule has 2 heterocycles. The number of aromatic nitrogens is 3. The van der Waals surface area contributed by atoms with Crippen LogP contribution in [0.5, 0.6) is 0 Å². The molecule has 1 fully saturated rings. The van der Waals surface area contributed by atoms with Gasteiger partial charge in [-0.2, -0.15) is 0 Å². The van der Waals surface area contributed by atoms with Crippen molar-refractivity contribution in [3.63, 3.8) is 0 Å². The van der Waals surface area contributed by atoms with E-state index in [-0.39, 0.29) is 17.6 Å². The SMILES string of the molecule is CCOC(=O)[C@@H]1CCCN(Cn2cnc(-c3cccc([N+](=O)[O-])c3)n2)C1. The van der Waals surface area contributed by atoms with Gasteiger partial charge in [0, 0.05) is 24.2 Å². The summed E-state index contributed by atoms with van der Waals surface area (Å²) >= 11 is 0. The second kappa shape index (κ2) is 8.05. The summed E-state index contributed by atoms with van der Waals surface area (Å²) in [7, 11) is 0. The predicted octanol–water partition coefficient (Wildman–Crippen LogP) is 2.09. The first-order valence-electron chi connectivity index (χ1n) is 8.60. The van der Waals surface area contributed by atoms with E-state index in [4.69, 9.17) is 4.74 Å². The van der Waals surface area contributed by atoms with Crippen LogP contribution in [0.2, 0.25) is 0 Å². The number of piperidine rings is 1. The van der Waals surface area contributed by atoms with Crippen LogP contribution in [0.3, 0.4) is 0 Å². The van der Waals surface area contributed by atoms with E-state index in [0.29, 0.717) is 31.2 Å². The van der Waals surface area contributed by atoms with E-state index in [9.17, 15) is 14.9 Å². The van der Waals surface area contributed by atoms with Gasteiger partial charge in [0.1, 0.15) is 6.33 Å². The first-order chi connectivity index (χ1) is 12.6. The van der Waals surface area contributed by atoms with Crippen molar-refractivity contribution in [2.45, 2.75) is 26.4 Å². The first-order valence-corrected chi connectivity index (χ1v) is 8.60. The molecule has 2 aromatic rings. The number of non-ortho nitro benzene ring substituents is 1. The number of hydrogen-bond acceptors (Lipinski definition) is 7. The predicted molar refractivity (Wildman–Crippen MR) is 93.0 cm³/mol. The highest BCUT2D eigenvalue weighted by Gasteiger charge is 2.27. The quantitative estimate of drug-likeness (QED) is 0.442. The molecule has 0 unspecified atom stereocenters. The summed E-state index contributed by atoms with van der Waals surface area (Å²) in [4.78, 5) is 28.8. The van der Waals surface area contributed by atoms with Crippen molar-refractivity contribution in [3.8, 4) is 11.4 Å². The summed E-state index contributed by atoms with van der Waals surface area (Å²) in [5.41, 5.74) is 0.605. The maximum absolute atomic E-state index is 11.9. The lowest BCUT2D eigenvalue weighted by molar-refractivity contribution is -0.384. The minimum Gasteiger partial charge on any atom is -0.466 e. The lowest BCUT2D eigenvalue weighted by Gasteiger charge is -2.30. The number of esters is 1. The molecule has 9 nitrogen and oxygen atoms in total. The van der Waals surface area contributed by atoms with Gasteiger partial charge in [0.2, 0.25) is 0 Å². The van der Waals surface area contributed by atoms with Gasteiger partial charge in [0.15, 0.2) is 5.82 Å². The van der Waals surface area contributed by atoms with Crippen LogP contribution in [-0.4, -0.2) is 50.3 Å². The number of benzene rings is 1. The van der Waals surface area contributed by atoms with Crippen LogP contribution in [-0.2, 0) is 16.2 Å². The Labute approximate surface area is 150 Å². The van der Waals surface area contributed by atoms with Crippen LogP contribution < -0.4 is 0 Å². The van der Waals surface area contributed by atoms with E-state index in [1.807, 2.05) is 6.92 Å². The smallest absolute Gasteiger partial charge is 0.310 e. The van der Waals surface area contributed by atoms with Crippen molar-refractivity contribution in [1.29, 1.82) is 0 Å². The zero-order chi connectivity index (χ0) is 18.5. The molecule has 0 spiro atoms. The number of nitrogens with zero attached hydrogens (tertiary/aromatic N) is 5. The van der Waals surface area contributed by atoms with Crippen molar-refractivity contribution in [1.82, 2.24) is 19.7 Å². The van der Waals surface area contributed by atoms with Crippen LogP contribution in [0.4, 0.5) is 5.69 Å². The molecule has 1 aromatic heterocycles. The van der Waals surface area contributed by atoms with Gasteiger partial charge in [0.05, 0.1) is 24.1 Å². The van der Waals surface area contributed by atoms with E-state index in [0.717, 1.165) is 19.4 Å². The maximum atomic E-state index is 11.9. The van der Waals surface area contributed by atoms with Crippen LogP contribution >= 0.6 is 0 Å². The molecule has 1 saturated heterocycles. The second-order valence-corrected chi connectivity index (χ2v) is 6.22. The standard InChI is InChI=1S/C17H21N5O4/c1-2-26-17(23)14-6-4-8-20(10-14)12-21-11-18-16(19-21)13-5-3-7-15(9-13)22(24)25/h3,5,7,9,11,14H,2,4,6,8,10,12H2,1H3/t14-/m1/s1. The van der Waals surface area contributed by atoms with E-state index in [2.05, 4.69) is 15.0 Å². The average Bonchev–Trinajstić information content (AvgIpc) is 3.11. The Bertz CT molecular complexity index is 791. The molecule has 3 rings (SSSR count). The van der Waals surface area contributed by atoms with Gasteiger partial charge in [-0.3, -0.25) is 19.8 Å². The Morgan fingerprint density at radius 2 is 2.31 bits per heavy atom. The minimum absolute atomic E-state index is 0.00663. The number of hydrogen-bond donors (Lipinski definition) is 0. The Hall–Kier alpha value is -2.81. The van der Waals surface area contributed by atoms with Crippen molar-refractivity contribution < 1.29 is 14.5 Å². The van der Waals surface area contributed by atoms with Crippen LogP contribution in [0.25, 0.3) is 11.4 Å². The van der Waals surface area contributed by atoms with E-state index >= 15 is 0 Å². The third-order valence-corrected chi connectivity index (χ3v) is 4.32. The third kappa shape index (κ3) is 4.23. The summed E-state index contributed by atoms with van der Waals surface area (Å²) in [6.07, 6.45) is 3.36. The minimum atomic E-state index is -0.441. The van der Waals surface area contributed by atoms with Crippen molar-refractivity contribution in [3.05, 3.63) is 40.7 Å². The van der Waals surface area contributed by atoms with Gasteiger partial charge in [-0.15, -0.1) is 5.10 Å². The number of nitro groups is 1. The molecular weight excluding hydrogens is 338 g/mol. The first kappa shape index (κ1) is 18.0. The van der Waals surface area contributed by atoms with Crippen molar-refractivity contribution in [2.24, 2.45) is 5.92 Å². The number of likely N-dealkylation sites (tertiary alicyclic amines) is 1. The zero-order valence-electron chi connectivity index (χ0n) is 14.6. The summed E-state index contributed by atoms with van der Waals surface area (Å²) in [6.45, 7) is 4.22. The molecule has 26 heavy (non-hydrogen) atoms. The van der Waals surface area contributed by atoms with Gasteiger partial charge in [-0.05, 0) is 26.3 Å².